The Bertz CT molecular complexity index is 117. The van der Waals surface area contributed by atoms with Gasteiger partial charge in [0, 0.05) is 0 Å². The summed E-state index contributed by atoms with van der Waals surface area (Å²) in [6.07, 6.45) is -5.71. The van der Waals surface area contributed by atoms with Crippen molar-refractivity contribution in [2.24, 2.45) is 0 Å². The summed E-state index contributed by atoms with van der Waals surface area (Å²) < 4.78 is 64.2. The van der Waals surface area contributed by atoms with Crippen LogP contribution in [-0.2, 0) is 4.57 Å². The summed E-state index contributed by atoms with van der Waals surface area (Å²) in [5.41, 5.74) is -5.10. The Labute approximate surface area is 48.1 Å². The Balaban J connectivity index is 4.32. The van der Waals surface area contributed by atoms with Gasteiger partial charge < -0.3 is 0 Å². The molecule has 0 heterocycles. The van der Waals surface area contributed by atoms with Crippen LogP contribution < -0.4 is 0 Å². The smallest absolute Gasteiger partial charge is 0.268 e. The van der Waals surface area contributed by atoms with Crippen molar-refractivity contribution in [1.82, 2.24) is 0 Å². The average molecular weight is 166 g/mol. The zero-order valence-corrected chi connectivity index (χ0v) is 4.64. The van der Waals surface area contributed by atoms with Crippen LogP contribution in [0.2, 0.25) is 0 Å². The second-order valence-electron chi connectivity index (χ2n) is 1.13. The minimum atomic E-state index is -5.71. The number of halogens is 5. The van der Waals surface area contributed by atoms with Crippen LogP contribution >= 0.6 is 8.46 Å². The van der Waals surface area contributed by atoms with Crippen molar-refractivity contribution in [3.63, 3.8) is 0 Å². The zero-order valence-electron chi connectivity index (χ0n) is 3.75. The Hall–Kier alpha value is -0.250. The lowest BCUT2D eigenvalue weighted by atomic mass is 10.7. The minimum Gasteiger partial charge on any atom is -0.268 e. The van der Waals surface area contributed by atoms with E-state index in [1.165, 1.54) is 0 Å². The van der Waals surface area contributed by atoms with Crippen LogP contribution in [0.1, 0.15) is 0 Å². The zero-order chi connectivity index (χ0) is 7.71. The summed E-state index contributed by atoms with van der Waals surface area (Å²) in [6, 6.07) is 0. The molecule has 9 heavy (non-hydrogen) atoms. The summed E-state index contributed by atoms with van der Waals surface area (Å²) in [7, 11) is -2.22. The summed E-state index contributed by atoms with van der Waals surface area (Å²) >= 11 is 0. The summed E-state index contributed by atoms with van der Waals surface area (Å²) in [5, 5.41) is 0. The van der Waals surface area contributed by atoms with Gasteiger partial charge in [-0.25, -0.2) is 0 Å². The van der Waals surface area contributed by atoms with Gasteiger partial charge in [-0.2, -0.15) is 22.0 Å². The number of alkyl halides is 5. The lowest BCUT2D eigenvalue weighted by Gasteiger charge is -2.10. The molecule has 1 nitrogen and oxygen atoms in total. The summed E-state index contributed by atoms with van der Waals surface area (Å²) in [5.74, 6) is 0. The molecule has 7 heteroatoms. The van der Waals surface area contributed by atoms with Gasteiger partial charge in [-0.05, 0) is 0 Å². The maximum atomic E-state index is 11.2. The van der Waals surface area contributed by atoms with E-state index in [2.05, 4.69) is 0 Å². The lowest BCUT2D eigenvalue weighted by molar-refractivity contribution is -0.240. The van der Waals surface area contributed by atoms with Gasteiger partial charge in [-0.3, -0.25) is 4.57 Å². The minimum absolute atomic E-state index is 2.22. The molecular formula is C2F5OP. The third-order valence-electron chi connectivity index (χ3n) is 0.456. The van der Waals surface area contributed by atoms with Crippen molar-refractivity contribution < 1.29 is 26.5 Å². The molecule has 0 aromatic carbocycles. The largest absolute Gasteiger partial charge is 0.465 e. The van der Waals surface area contributed by atoms with E-state index in [0.717, 1.165) is 0 Å². The summed E-state index contributed by atoms with van der Waals surface area (Å²) in [4.78, 5) is 0. The molecule has 0 aliphatic rings. The van der Waals surface area contributed by atoms with Gasteiger partial charge in [0.15, 0.2) is 0 Å². The van der Waals surface area contributed by atoms with E-state index >= 15 is 0 Å². The molecule has 54 valence electrons. The van der Waals surface area contributed by atoms with Crippen molar-refractivity contribution in [3.05, 3.63) is 0 Å². The maximum absolute atomic E-state index is 11.2. The maximum Gasteiger partial charge on any atom is 0.465 e. The molecule has 0 saturated heterocycles. The van der Waals surface area contributed by atoms with Crippen molar-refractivity contribution in [2.75, 3.05) is 0 Å². The van der Waals surface area contributed by atoms with Crippen LogP contribution in [0.4, 0.5) is 22.0 Å². The molecule has 0 spiro atoms. The number of rotatable bonds is 1. The third-order valence-corrected chi connectivity index (χ3v) is 0.939. The summed E-state index contributed by atoms with van der Waals surface area (Å²) in [6.45, 7) is 0. The highest BCUT2D eigenvalue weighted by Gasteiger charge is 2.58. The van der Waals surface area contributed by atoms with Crippen molar-refractivity contribution in [1.29, 1.82) is 0 Å². The van der Waals surface area contributed by atoms with Crippen LogP contribution in [0.5, 0.6) is 0 Å². The first kappa shape index (κ1) is 8.75. The molecule has 0 bridgehead atoms. The molecule has 0 N–H and O–H groups in total. The van der Waals surface area contributed by atoms with E-state index in [0.29, 0.717) is 0 Å². The highest BCUT2D eigenvalue weighted by Crippen LogP contribution is 2.42. The van der Waals surface area contributed by atoms with Crippen molar-refractivity contribution in [3.8, 4) is 0 Å². The number of hydrogen-bond acceptors (Lipinski definition) is 1. The fourth-order valence-corrected chi connectivity index (χ4v) is 0.155. The van der Waals surface area contributed by atoms with Crippen LogP contribution in [0.15, 0.2) is 0 Å². The third kappa shape index (κ3) is 1.86. The van der Waals surface area contributed by atoms with Gasteiger partial charge in [0.25, 0.3) is 0 Å². The van der Waals surface area contributed by atoms with E-state index in [-0.39, 0.29) is 0 Å². The van der Waals surface area contributed by atoms with Gasteiger partial charge in [0.2, 0.25) is 8.46 Å². The predicted molar refractivity (Wildman–Crippen MR) is 18.6 cm³/mol. The first-order valence-corrected chi connectivity index (χ1v) is 2.41. The molecule has 0 unspecified atom stereocenters. The first-order chi connectivity index (χ1) is 3.81. The fraction of sp³-hybridized carbons (Fsp3) is 1.00. The quantitative estimate of drug-likeness (QED) is 0.431. The van der Waals surface area contributed by atoms with Crippen LogP contribution in [0.3, 0.4) is 0 Å². The number of hydrogen-bond donors (Lipinski definition) is 0. The van der Waals surface area contributed by atoms with Crippen molar-refractivity contribution >= 4 is 8.46 Å². The van der Waals surface area contributed by atoms with Crippen molar-refractivity contribution in [2.45, 2.75) is 11.8 Å². The lowest BCUT2D eigenvalue weighted by Crippen LogP contribution is -2.29. The molecule has 0 radical (unpaired) electrons. The molecule has 0 saturated carbocycles. The fourth-order valence-electron chi connectivity index (χ4n) is 0.0518. The molecule has 0 aromatic heterocycles. The molecule has 0 aliphatic heterocycles. The Kier molecular flexibility index (Phi) is 2.11. The van der Waals surface area contributed by atoms with E-state index in [4.69, 9.17) is 4.57 Å². The average Bonchev–Trinajstić information content (AvgIpc) is 1.64. The molecule has 0 rings (SSSR count). The van der Waals surface area contributed by atoms with Gasteiger partial charge in [0.05, 0.1) is 0 Å². The monoisotopic (exact) mass is 166 g/mol. The van der Waals surface area contributed by atoms with E-state index in [1.807, 2.05) is 0 Å². The second-order valence-corrected chi connectivity index (χ2v) is 1.87. The van der Waals surface area contributed by atoms with Gasteiger partial charge in [0.1, 0.15) is 0 Å². The molecule has 0 atom stereocenters. The molecule has 0 aliphatic carbocycles. The Morgan fingerprint density at radius 1 is 1.00 bits per heavy atom. The normalized spacial score (nSPS) is 14.3. The molecule has 0 aromatic rings. The Morgan fingerprint density at radius 2 is 1.33 bits per heavy atom. The van der Waals surface area contributed by atoms with E-state index in [9.17, 15) is 22.0 Å². The Morgan fingerprint density at radius 3 is 1.33 bits per heavy atom. The van der Waals surface area contributed by atoms with Crippen LogP contribution in [0, 0.1) is 0 Å². The first-order valence-electron chi connectivity index (χ1n) is 1.60. The highest BCUT2D eigenvalue weighted by atomic mass is 31.1. The van der Waals surface area contributed by atoms with E-state index in [1.54, 1.807) is 0 Å². The van der Waals surface area contributed by atoms with Gasteiger partial charge >= 0.3 is 11.8 Å². The second kappa shape index (κ2) is 2.17. The van der Waals surface area contributed by atoms with Crippen LogP contribution in [-0.4, -0.2) is 11.8 Å². The molecule has 0 fully saturated rings. The topological polar surface area (TPSA) is 17.1 Å². The SMILES string of the molecule is O=PC(F)(F)C(F)(F)F. The highest BCUT2D eigenvalue weighted by molar-refractivity contribution is 7.25. The predicted octanol–water partition coefficient (Wildman–Crippen LogP) is 2.43. The van der Waals surface area contributed by atoms with Gasteiger partial charge in [-0.15, -0.1) is 0 Å². The van der Waals surface area contributed by atoms with Gasteiger partial charge in [-0.1, -0.05) is 0 Å². The molecular weight excluding hydrogens is 166 g/mol. The molecule has 0 amide bonds. The standard InChI is InChI=1S/C2F5OP/c3-1(4,5)2(6,7)9-8. The van der Waals surface area contributed by atoms with Crippen LogP contribution in [0.25, 0.3) is 0 Å². The van der Waals surface area contributed by atoms with E-state index < -0.39 is 20.3 Å².